The fourth-order valence-electron chi connectivity index (χ4n) is 3.52. The molecule has 4 rings (SSSR count). The number of aromatic nitrogens is 4. The van der Waals surface area contributed by atoms with Gasteiger partial charge in [0.25, 0.3) is 5.91 Å². The van der Waals surface area contributed by atoms with Crippen molar-refractivity contribution in [2.75, 3.05) is 18.0 Å². The summed E-state index contributed by atoms with van der Waals surface area (Å²) in [5, 5.41) is 11.4. The number of nitrogens with zero attached hydrogens (tertiary/aromatic N) is 5. The van der Waals surface area contributed by atoms with E-state index in [2.05, 4.69) is 30.0 Å². The van der Waals surface area contributed by atoms with Gasteiger partial charge in [0.2, 0.25) is 0 Å². The molecule has 0 unspecified atom stereocenters. The number of aryl methyl sites for hydroxylation is 2. The number of hydrogen-bond acceptors (Lipinski definition) is 5. The molecular weight excluding hydrogens is 304 g/mol. The molecule has 1 saturated heterocycles. The van der Waals surface area contributed by atoms with E-state index in [0.29, 0.717) is 5.69 Å². The summed E-state index contributed by atoms with van der Waals surface area (Å²) in [7, 11) is 0. The lowest BCUT2D eigenvalue weighted by Crippen LogP contribution is -2.41. The highest BCUT2D eigenvalue weighted by Gasteiger charge is 2.22. The molecule has 2 aromatic rings. The zero-order valence-corrected chi connectivity index (χ0v) is 13.9. The number of anilines is 1. The summed E-state index contributed by atoms with van der Waals surface area (Å²) in [5.74, 6) is 1.81. The van der Waals surface area contributed by atoms with Gasteiger partial charge in [0, 0.05) is 38.3 Å². The van der Waals surface area contributed by atoms with Gasteiger partial charge in [-0.05, 0) is 38.3 Å². The molecule has 0 aliphatic carbocycles. The Hall–Kier alpha value is -2.44. The van der Waals surface area contributed by atoms with Crippen LogP contribution < -0.4 is 10.2 Å². The standard InChI is InChI=1S/C17H22N6O/c1-12-10-23-11-13(4-6-15(23)18-12)19-17(24)14-5-7-16(21-20-14)22-8-2-3-9-22/h5,7,10,13H,2-4,6,8-9,11H2,1H3,(H,19,24)/t13-/m0/s1. The summed E-state index contributed by atoms with van der Waals surface area (Å²) >= 11 is 0. The highest BCUT2D eigenvalue weighted by atomic mass is 16.2. The van der Waals surface area contributed by atoms with Gasteiger partial charge < -0.3 is 14.8 Å². The Morgan fingerprint density at radius 2 is 2.08 bits per heavy atom. The van der Waals surface area contributed by atoms with Crippen molar-refractivity contribution in [2.24, 2.45) is 0 Å². The third kappa shape index (κ3) is 2.98. The van der Waals surface area contributed by atoms with Crippen molar-refractivity contribution in [3.05, 3.63) is 35.5 Å². The lowest BCUT2D eigenvalue weighted by Gasteiger charge is -2.24. The van der Waals surface area contributed by atoms with Gasteiger partial charge in [-0.3, -0.25) is 4.79 Å². The predicted octanol–water partition coefficient (Wildman–Crippen LogP) is 1.33. The van der Waals surface area contributed by atoms with Crippen LogP contribution in [-0.4, -0.2) is 44.8 Å². The van der Waals surface area contributed by atoms with Crippen LogP contribution in [0.5, 0.6) is 0 Å². The van der Waals surface area contributed by atoms with Crippen LogP contribution in [0.3, 0.4) is 0 Å². The molecule has 0 spiro atoms. The number of hydrogen-bond donors (Lipinski definition) is 1. The summed E-state index contributed by atoms with van der Waals surface area (Å²) in [6.07, 6.45) is 6.22. The Morgan fingerprint density at radius 3 is 2.83 bits per heavy atom. The molecule has 0 saturated carbocycles. The average molecular weight is 326 g/mol. The molecule has 24 heavy (non-hydrogen) atoms. The topological polar surface area (TPSA) is 75.9 Å². The van der Waals surface area contributed by atoms with Gasteiger partial charge in [-0.25, -0.2) is 4.98 Å². The van der Waals surface area contributed by atoms with Gasteiger partial charge in [-0.1, -0.05) is 0 Å². The minimum Gasteiger partial charge on any atom is -0.355 e. The van der Waals surface area contributed by atoms with Crippen LogP contribution >= 0.6 is 0 Å². The van der Waals surface area contributed by atoms with Crippen LogP contribution in [0.15, 0.2) is 18.3 Å². The number of fused-ring (bicyclic) bond motifs is 1. The second-order valence-electron chi connectivity index (χ2n) is 6.63. The molecule has 7 heteroatoms. The SMILES string of the molecule is Cc1cn2c(n1)CC[C@H](NC(=O)c1ccc(N3CCCC3)nn1)C2. The molecule has 1 atom stereocenters. The molecule has 0 aromatic carbocycles. The van der Waals surface area contributed by atoms with Crippen LogP contribution in [0.1, 0.15) is 41.3 Å². The van der Waals surface area contributed by atoms with Crippen LogP contribution in [0, 0.1) is 6.92 Å². The van der Waals surface area contributed by atoms with E-state index in [1.807, 2.05) is 19.2 Å². The minimum atomic E-state index is -0.152. The fourth-order valence-corrected chi connectivity index (χ4v) is 3.52. The second-order valence-corrected chi connectivity index (χ2v) is 6.63. The number of carbonyl (C=O) groups excluding carboxylic acids is 1. The number of imidazole rings is 1. The summed E-state index contributed by atoms with van der Waals surface area (Å²) in [6.45, 7) is 4.81. The van der Waals surface area contributed by atoms with E-state index in [9.17, 15) is 4.79 Å². The van der Waals surface area contributed by atoms with Gasteiger partial charge in [0.15, 0.2) is 11.5 Å². The lowest BCUT2D eigenvalue weighted by atomic mass is 10.1. The Kier molecular flexibility index (Phi) is 3.92. The maximum Gasteiger partial charge on any atom is 0.272 e. The predicted molar refractivity (Wildman–Crippen MR) is 90.0 cm³/mol. The van der Waals surface area contributed by atoms with E-state index < -0.39 is 0 Å². The molecule has 126 valence electrons. The van der Waals surface area contributed by atoms with Gasteiger partial charge >= 0.3 is 0 Å². The van der Waals surface area contributed by atoms with Crippen molar-refractivity contribution in [1.82, 2.24) is 25.1 Å². The van der Waals surface area contributed by atoms with Crippen molar-refractivity contribution in [1.29, 1.82) is 0 Å². The first-order valence-electron chi connectivity index (χ1n) is 8.61. The Labute approximate surface area is 141 Å². The molecule has 0 radical (unpaired) electrons. The molecule has 2 aromatic heterocycles. The third-order valence-electron chi connectivity index (χ3n) is 4.76. The van der Waals surface area contributed by atoms with E-state index in [1.165, 1.54) is 12.8 Å². The molecule has 7 nitrogen and oxygen atoms in total. The smallest absolute Gasteiger partial charge is 0.272 e. The molecule has 1 amide bonds. The first-order valence-corrected chi connectivity index (χ1v) is 8.61. The molecule has 2 aliphatic heterocycles. The number of rotatable bonds is 3. The maximum atomic E-state index is 12.4. The second kappa shape index (κ2) is 6.22. The van der Waals surface area contributed by atoms with E-state index in [0.717, 1.165) is 49.8 Å². The summed E-state index contributed by atoms with van der Waals surface area (Å²) < 4.78 is 2.13. The Balaban J connectivity index is 1.39. The highest BCUT2D eigenvalue weighted by Crippen LogP contribution is 2.17. The fraction of sp³-hybridized carbons (Fsp3) is 0.529. The van der Waals surface area contributed by atoms with Gasteiger partial charge in [0.1, 0.15) is 5.82 Å². The van der Waals surface area contributed by atoms with Crippen molar-refractivity contribution in [3.63, 3.8) is 0 Å². The number of carbonyl (C=O) groups is 1. The first-order chi connectivity index (χ1) is 11.7. The van der Waals surface area contributed by atoms with Gasteiger partial charge in [-0.2, -0.15) is 0 Å². The van der Waals surface area contributed by atoms with Gasteiger partial charge in [0.05, 0.1) is 5.69 Å². The molecule has 0 bridgehead atoms. The quantitative estimate of drug-likeness (QED) is 0.921. The summed E-state index contributed by atoms with van der Waals surface area (Å²) in [4.78, 5) is 19.1. The van der Waals surface area contributed by atoms with Crippen LogP contribution in [-0.2, 0) is 13.0 Å². The number of nitrogens with one attached hydrogen (secondary N) is 1. The van der Waals surface area contributed by atoms with Crippen molar-refractivity contribution >= 4 is 11.7 Å². The van der Waals surface area contributed by atoms with E-state index in [1.54, 1.807) is 6.07 Å². The van der Waals surface area contributed by atoms with Crippen LogP contribution in [0.2, 0.25) is 0 Å². The maximum absolute atomic E-state index is 12.4. The Morgan fingerprint density at radius 1 is 1.25 bits per heavy atom. The van der Waals surface area contributed by atoms with Crippen molar-refractivity contribution in [2.45, 2.75) is 45.2 Å². The zero-order chi connectivity index (χ0) is 16.5. The first kappa shape index (κ1) is 15.1. The van der Waals surface area contributed by atoms with E-state index >= 15 is 0 Å². The monoisotopic (exact) mass is 326 g/mol. The highest BCUT2D eigenvalue weighted by molar-refractivity contribution is 5.92. The average Bonchev–Trinajstić information content (AvgIpc) is 3.23. The summed E-state index contributed by atoms with van der Waals surface area (Å²) in [5.41, 5.74) is 1.41. The normalized spacial score (nSPS) is 20.0. The van der Waals surface area contributed by atoms with E-state index in [-0.39, 0.29) is 11.9 Å². The van der Waals surface area contributed by atoms with Crippen LogP contribution in [0.4, 0.5) is 5.82 Å². The van der Waals surface area contributed by atoms with Crippen LogP contribution in [0.25, 0.3) is 0 Å². The lowest BCUT2D eigenvalue weighted by molar-refractivity contribution is 0.0921. The summed E-state index contributed by atoms with van der Waals surface area (Å²) in [6, 6.07) is 3.77. The third-order valence-corrected chi connectivity index (χ3v) is 4.76. The van der Waals surface area contributed by atoms with Crippen molar-refractivity contribution < 1.29 is 4.79 Å². The van der Waals surface area contributed by atoms with E-state index in [4.69, 9.17) is 0 Å². The molecule has 2 aliphatic rings. The Bertz CT molecular complexity index is 732. The van der Waals surface area contributed by atoms with Crippen molar-refractivity contribution in [3.8, 4) is 0 Å². The zero-order valence-electron chi connectivity index (χ0n) is 13.9. The molecular formula is C17H22N6O. The molecule has 1 fully saturated rings. The van der Waals surface area contributed by atoms with Gasteiger partial charge in [-0.15, -0.1) is 10.2 Å². The molecule has 1 N–H and O–H groups in total. The largest absolute Gasteiger partial charge is 0.355 e. The number of amides is 1. The molecule has 4 heterocycles. The minimum absolute atomic E-state index is 0.110.